The zero-order valence-corrected chi connectivity index (χ0v) is 23.5. The number of hydrogen-bond acceptors (Lipinski definition) is 10. The molecule has 0 atom stereocenters. The molecular weight excluding hydrogens is 566 g/mol. The number of anilines is 1. The van der Waals surface area contributed by atoms with Gasteiger partial charge in [0.15, 0.2) is 5.78 Å². The first-order valence-corrected chi connectivity index (χ1v) is 13.6. The zero-order chi connectivity index (χ0) is 28.5. The highest BCUT2D eigenvalue weighted by molar-refractivity contribution is 7.16. The number of aliphatic hydroxyl groups excluding tert-OH is 1. The van der Waals surface area contributed by atoms with Crippen molar-refractivity contribution in [3.05, 3.63) is 72.2 Å². The molecule has 0 aliphatic carbocycles. The van der Waals surface area contributed by atoms with Crippen molar-refractivity contribution >= 4 is 57.9 Å². The number of aromatic carboxylic acids is 1. The summed E-state index contributed by atoms with van der Waals surface area (Å²) < 4.78 is 6.47. The molecule has 0 radical (unpaired) electrons. The number of pyridine rings is 1. The number of carboxylic acid groups (broad SMARTS) is 1. The van der Waals surface area contributed by atoms with Gasteiger partial charge in [-0.3, -0.25) is 19.0 Å². The Labute approximate surface area is 235 Å². The van der Waals surface area contributed by atoms with Crippen LogP contribution in [-0.4, -0.2) is 53.2 Å². The summed E-state index contributed by atoms with van der Waals surface area (Å²) in [6.07, 6.45) is 1.45. The first-order chi connectivity index (χ1) is 18.4. The number of carboxylic acids is 1. The van der Waals surface area contributed by atoms with Gasteiger partial charge in [-0.1, -0.05) is 11.6 Å². The Kier molecular flexibility index (Phi) is 8.16. The van der Waals surface area contributed by atoms with Crippen LogP contribution < -0.4 is 10.9 Å². The second-order valence-corrected chi connectivity index (χ2v) is 11.9. The molecule has 0 aliphatic heterocycles. The van der Waals surface area contributed by atoms with Gasteiger partial charge in [0.05, 0.1) is 40.0 Å². The normalized spacial score (nSPS) is 11.5. The topological polar surface area (TPSA) is 156 Å². The van der Waals surface area contributed by atoms with Gasteiger partial charge >= 0.3 is 5.97 Å². The van der Waals surface area contributed by atoms with E-state index >= 15 is 0 Å². The van der Waals surface area contributed by atoms with E-state index in [4.69, 9.17) is 11.6 Å². The molecule has 4 rings (SSSR count). The van der Waals surface area contributed by atoms with Gasteiger partial charge in [0.2, 0.25) is 0 Å². The number of hydrogen-bond donors (Lipinski definition) is 3. The molecular formula is C25H24ClN5O6S2. The Bertz CT molecular complexity index is 1620. The van der Waals surface area contributed by atoms with E-state index in [1.54, 1.807) is 19.9 Å². The van der Waals surface area contributed by atoms with Gasteiger partial charge in [-0.2, -0.15) is 9.78 Å². The number of rotatable bonds is 10. The summed E-state index contributed by atoms with van der Waals surface area (Å²) in [6, 6.07) is 7.80. The van der Waals surface area contributed by atoms with Crippen molar-refractivity contribution in [2.75, 3.05) is 11.9 Å². The fraction of sp³-hybridized carbons (Fsp3) is 0.280. The van der Waals surface area contributed by atoms with Crippen molar-refractivity contribution in [3.8, 4) is 11.3 Å². The Morgan fingerprint density at radius 3 is 2.51 bits per heavy atom. The smallest absolute Gasteiger partial charge is 0.352 e. The number of carbonyl (C=O) groups excluding carboxylic acids is 2. The van der Waals surface area contributed by atoms with E-state index in [1.165, 1.54) is 42.7 Å². The minimum Gasteiger partial charge on any atom is -0.477 e. The van der Waals surface area contributed by atoms with Crippen molar-refractivity contribution in [2.45, 2.75) is 33.9 Å². The highest BCUT2D eigenvalue weighted by Gasteiger charge is 2.32. The third-order valence-corrected chi connectivity index (χ3v) is 8.02. The monoisotopic (exact) mass is 589 g/mol. The van der Waals surface area contributed by atoms with Crippen LogP contribution in [0.3, 0.4) is 0 Å². The average molecular weight is 590 g/mol. The van der Waals surface area contributed by atoms with Crippen LogP contribution >= 0.6 is 34.5 Å². The number of nitrogens with zero attached hydrogens (tertiary/aromatic N) is 4. The highest BCUT2D eigenvalue weighted by Crippen LogP contribution is 2.30. The van der Waals surface area contributed by atoms with E-state index in [0.29, 0.717) is 15.8 Å². The number of nitrogens with one attached hydrogen (secondary N) is 1. The number of aromatic nitrogens is 4. The van der Waals surface area contributed by atoms with Crippen LogP contribution in [0.5, 0.6) is 0 Å². The molecule has 0 aromatic carbocycles. The van der Waals surface area contributed by atoms with Crippen LogP contribution in [0.2, 0.25) is 4.34 Å². The van der Waals surface area contributed by atoms with Crippen molar-refractivity contribution in [2.24, 2.45) is 5.41 Å². The van der Waals surface area contributed by atoms with Gasteiger partial charge < -0.3 is 15.5 Å². The highest BCUT2D eigenvalue weighted by atomic mass is 35.5. The predicted octanol–water partition coefficient (Wildman–Crippen LogP) is 4.04. The van der Waals surface area contributed by atoms with E-state index < -0.39 is 41.8 Å². The largest absolute Gasteiger partial charge is 0.477 e. The average Bonchev–Trinajstić information content (AvgIpc) is 3.65. The van der Waals surface area contributed by atoms with Crippen LogP contribution in [0, 0.1) is 12.3 Å². The van der Waals surface area contributed by atoms with Crippen LogP contribution in [-0.2, 0) is 13.1 Å². The lowest BCUT2D eigenvalue weighted by Crippen LogP contribution is -2.34. The maximum Gasteiger partial charge on any atom is 0.352 e. The van der Waals surface area contributed by atoms with Crippen LogP contribution in [0.1, 0.15) is 49.2 Å². The minimum atomic E-state index is -1.39. The summed E-state index contributed by atoms with van der Waals surface area (Å²) in [6.45, 7) is 4.04. The lowest BCUT2D eigenvalue weighted by atomic mass is 9.94. The number of aliphatic hydroxyl groups is 1. The molecule has 0 saturated carbocycles. The van der Waals surface area contributed by atoms with Crippen molar-refractivity contribution in [3.63, 3.8) is 0 Å². The quantitative estimate of drug-likeness (QED) is 0.232. The summed E-state index contributed by atoms with van der Waals surface area (Å²) in [7, 11) is 0. The number of carbonyl (C=O) groups is 3. The first kappa shape index (κ1) is 28.4. The molecule has 14 heteroatoms. The van der Waals surface area contributed by atoms with Crippen LogP contribution in [0.25, 0.3) is 11.3 Å². The number of ketones is 1. The van der Waals surface area contributed by atoms with E-state index in [1.807, 2.05) is 6.07 Å². The lowest BCUT2D eigenvalue weighted by molar-refractivity contribution is 0.0615. The van der Waals surface area contributed by atoms with Gasteiger partial charge in [-0.15, -0.1) is 11.3 Å². The molecule has 0 aliphatic rings. The van der Waals surface area contributed by atoms with Gasteiger partial charge in [-0.05, 0) is 56.1 Å². The van der Waals surface area contributed by atoms with Gasteiger partial charge in [-0.25, -0.2) is 9.17 Å². The maximum atomic E-state index is 13.3. The summed E-state index contributed by atoms with van der Waals surface area (Å²) in [5.74, 6) is -2.08. The molecule has 11 nitrogen and oxygen atoms in total. The Hall–Kier alpha value is -3.65. The maximum absolute atomic E-state index is 13.3. The SMILES string of the molecule is Cc1c(-c2cc(NCc3ccc(Cl)s3)n(C(=O)C(C)(C)CO)n2)cc(=O)n(CC(=O)c2ccns2)c1C(=O)O. The second-order valence-electron chi connectivity index (χ2n) is 9.29. The molecule has 0 fully saturated rings. The predicted molar refractivity (Wildman–Crippen MR) is 148 cm³/mol. The Morgan fingerprint density at radius 2 is 1.92 bits per heavy atom. The van der Waals surface area contributed by atoms with E-state index in [2.05, 4.69) is 14.8 Å². The number of thiophene rings is 1. The molecule has 0 bridgehead atoms. The van der Waals surface area contributed by atoms with Crippen LogP contribution in [0.15, 0.2) is 41.3 Å². The Balaban J connectivity index is 1.80. The first-order valence-electron chi connectivity index (χ1n) is 11.6. The second kappa shape index (κ2) is 11.2. The zero-order valence-electron chi connectivity index (χ0n) is 21.1. The molecule has 0 spiro atoms. The molecule has 204 valence electrons. The van der Waals surface area contributed by atoms with E-state index in [0.717, 1.165) is 25.7 Å². The molecule has 0 saturated heterocycles. The van der Waals surface area contributed by atoms with Crippen LogP contribution in [0.4, 0.5) is 5.82 Å². The fourth-order valence-corrected chi connectivity index (χ4v) is 5.35. The van der Waals surface area contributed by atoms with Crippen molar-refractivity contribution < 1.29 is 24.6 Å². The summed E-state index contributed by atoms with van der Waals surface area (Å²) >= 11 is 8.33. The molecule has 3 N–H and O–H groups in total. The van der Waals surface area contributed by atoms with E-state index in [-0.39, 0.29) is 28.3 Å². The molecule has 39 heavy (non-hydrogen) atoms. The Morgan fingerprint density at radius 1 is 1.18 bits per heavy atom. The molecule has 4 aromatic heterocycles. The van der Waals surface area contributed by atoms with E-state index in [9.17, 15) is 29.4 Å². The molecule has 0 amide bonds. The number of halogens is 1. The van der Waals surface area contributed by atoms with Gasteiger partial charge in [0.25, 0.3) is 11.5 Å². The minimum absolute atomic E-state index is 0.168. The van der Waals surface area contributed by atoms with Gasteiger partial charge in [0, 0.05) is 28.8 Å². The third kappa shape index (κ3) is 5.86. The lowest BCUT2D eigenvalue weighted by Gasteiger charge is -2.20. The van der Waals surface area contributed by atoms with Crippen molar-refractivity contribution in [1.29, 1.82) is 0 Å². The van der Waals surface area contributed by atoms with Gasteiger partial charge in [0.1, 0.15) is 11.5 Å². The molecule has 4 heterocycles. The summed E-state index contributed by atoms with van der Waals surface area (Å²) in [5.41, 5.74) is -1.71. The molecule has 4 aromatic rings. The molecule has 0 unspecified atom stereocenters. The third-order valence-electron chi connectivity index (χ3n) is 6.00. The fourth-order valence-electron chi connectivity index (χ4n) is 3.80. The summed E-state index contributed by atoms with van der Waals surface area (Å²) in [4.78, 5) is 52.5. The number of Topliss-reactive ketones (excluding diaryl/α,β-unsaturated/α-hetero) is 1. The summed E-state index contributed by atoms with van der Waals surface area (Å²) in [5, 5.41) is 27.3. The standard InChI is InChI=1S/C25H24ClN5O6S2/c1-13-15(8-21(34)30(22(13)23(35)36)11-17(33)18-6-7-28-39-18)16-9-20(27-10-14-4-5-19(26)38-14)31(29-16)24(37)25(2,3)12-32/h4-9,27,32H,10-12H2,1-3H3,(H,35,36). The van der Waals surface area contributed by atoms with Crippen molar-refractivity contribution in [1.82, 2.24) is 18.7 Å².